The molecule has 0 radical (unpaired) electrons. The molecule has 1 N–H and O–H groups in total. The van der Waals surface area contributed by atoms with Crippen LogP contribution in [0.15, 0.2) is 42.5 Å². The van der Waals surface area contributed by atoms with Crippen LogP contribution in [-0.2, 0) is 10.2 Å². The highest BCUT2D eigenvalue weighted by Crippen LogP contribution is 2.46. The highest BCUT2D eigenvalue weighted by Gasteiger charge is 2.45. The van der Waals surface area contributed by atoms with Crippen molar-refractivity contribution in [3.05, 3.63) is 53.6 Å². The molecule has 25 heavy (non-hydrogen) atoms. The van der Waals surface area contributed by atoms with Crippen LogP contribution < -0.4 is 9.64 Å². The summed E-state index contributed by atoms with van der Waals surface area (Å²) in [6.45, 7) is 0.421. The third kappa shape index (κ3) is 2.82. The Labute approximate surface area is 142 Å². The molecular formula is C18H15F2NO4. The average Bonchev–Trinajstić information content (AvgIpc) is 2.73. The molecule has 3 rings (SSSR count). The third-order valence-corrected chi connectivity index (χ3v) is 4.20. The minimum Gasteiger partial charge on any atom is -0.478 e. The Hall–Kier alpha value is -2.96. The zero-order valence-electron chi connectivity index (χ0n) is 13.5. The SMILES string of the molecule is CC1(C)C(=O)N(c2cccc(OC(F)F)c2)c2ccc(C(=O)O)cc21. The summed E-state index contributed by atoms with van der Waals surface area (Å²) in [5.74, 6) is -1.43. The van der Waals surface area contributed by atoms with Gasteiger partial charge in [-0.05, 0) is 49.7 Å². The lowest BCUT2D eigenvalue weighted by Crippen LogP contribution is -2.33. The largest absolute Gasteiger partial charge is 0.478 e. The molecule has 0 bridgehead atoms. The van der Waals surface area contributed by atoms with E-state index >= 15 is 0 Å². The number of fused-ring (bicyclic) bond motifs is 1. The normalized spacial score (nSPS) is 15.4. The van der Waals surface area contributed by atoms with Crippen molar-refractivity contribution >= 4 is 23.3 Å². The maximum absolute atomic E-state index is 12.9. The molecule has 1 aliphatic rings. The minimum atomic E-state index is -2.97. The van der Waals surface area contributed by atoms with E-state index in [0.29, 0.717) is 16.9 Å². The number of anilines is 2. The number of carboxylic acid groups (broad SMARTS) is 1. The van der Waals surface area contributed by atoms with Crippen LogP contribution in [0.2, 0.25) is 0 Å². The molecule has 0 saturated carbocycles. The lowest BCUT2D eigenvalue weighted by molar-refractivity contribution is -0.121. The number of benzene rings is 2. The number of amides is 1. The van der Waals surface area contributed by atoms with Crippen LogP contribution in [0.5, 0.6) is 5.75 Å². The molecule has 1 aliphatic heterocycles. The lowest BCUT2D eigenvalue weighted by atomic mass is 9.85. The monoisotopic (exact) mass is 347 g/mol. The van der Waals surface area contributed by atoms with Gasteiger partial charge in [-0.15, -0.1) is 0 Å². The number of ether oxygens (including phenoxy) is 1. The number of alkyl halides is 2. The molecule has 0 spiro atoms. The number of aromatic carboxylic acids is 1. The van der Waals surface area contributed by atoms with Crippen LogP contribution in [0.3, 0.4) is 0 Å². The maximum Gasteiger partial charge on any atom is 0.387 e. The fourth-order valence-electron chi connectivity index (χ4n) is 2.92. The standard InChI is InChI=1S/C18H15F2NO4/c1-18(2)13-8-10(15(22)23)6-7-14(13)21(16(18)24)11-4-3-5-12(9-11)25-17(19)20/h3-9,17H,1-2H3,(H,22,23). The third-order valence-electron chi connectivity index (χ3n) is 4.20. The van der Waals surface area contributed by atoms with Gasteiger partial charge in [0.05, 0.1) is 22.4 Å². The van der Waals surface area contributed by atoms with Crippen molar-refractivity contribution in [2.75, 3.05) is 4.90 Å². The van der Waals surface area contributed by atoms with E-state index in [4.69, 9.17) is 5.11 Å². The van der Waals surface area contributed by atoms with E-state index in [1.54, 1.807) is 26.0 Å². The van der Waals surface area contributed by atoms with Crippen molar-refractivity contribution in [2.24, 2.45) is 0 Å². The van der Waals surface area contributed by atoms with Crippen molar-refractivity contribution < 1.29 is 28.2 Å². The second-order valence-corrected chi connectivity index (χ2v) is 6.18. The van der Waals surface area contributed by atoms with Crippen LogP contribution in [0.1, 0.15) is 29.8 Å². The summed E-state index contributed by atoms with van der Waals surface area (Å²) in [6.07, 6.45) is 0. The van der Waals surface area contributed by atoms with Crippen LogP contribution >= 0.6 is 0 Å². The van der Waals surface area contributed by atoms with Gasteiger partial charge in [-0.25, -0.2) is 4.79 Å². The van der Waals surface area contributed by atoms with Crippen LogP contribution in [-0.4, -0.2) is 23.6 Å². The van der Waals surface area contributed by atoms with Gasteiger partial charge in [-0.2, -0.15) is 8.78 Å². The van der Waals surface area contributed by atoms with E-state index in [-0.39, 0.29) is 17.2 Å². The Morgan fingerprint density at radius 3 is 2.56 bits per heavy atom. The quantitative estimate of drug-likeness (QED) is 0.910. The van der Waals surface area contributed by atoms with Crippen LogP contribution in [0, 0.1) is 0 Å². The molecular weight excluding hydrogens is 332 g/mol. The summed E-state index contributed by atoms with van der Waals surface area (Å²) < 4.78 is 29.3. The Morgan fingerprint density at radius 2 is 1.92 bits per heavy atom. The maximum atomic E-state index is 12.9. The topological polar surface area (TPSA) is 66.8 Å². The van der Waals surface area contributed by atoms with Crippen molar-refractivity contribution in [3.63, 3.8) is 0 Å². The molecule has 2 aromatic rings. The molecule has 1 heterocycles. The number of hydrogen-bond acceptors (Lipinski definition) is 3. The van der Waals surface area contributed by atoms with Crippen molar-refractivity contribution in [2.45, 2.75) is 25.9 Å². The average molecular weight is 347 g/mol. The van der Waals surface area contributed by atoms with Crippen molar-refractivity contribution in [1.29, 1.82) is 0 Å². The molecule has 0 aliphatic carbocycles. The predicted molar refractivity (Wildman–Crippen MR) is 86.6 cm³/mol. The van der Waals surface area contributed by atoms with E-state index in [1.807, 2.05) is 0 Å². The van der Waals surface area contributed by atoms with Gasteiger partial charge >= 0.3 is 12.6 Å². The second-order valence-electron chi connectivity index (χ2n) is 6.18. The van der Waals surface area contributed by atoms with Gasteiger partial charge < -0.3 is 9.84 Å². The van der Waals surface area contributed by atoms with E-state index in [0.717, 1.165) is 0 Å². The first-order chi connectivity index (χ1) is 11.7. The van der Waals surface area contributed by atoms with E-state index in [1.165, 1.54) is 35.2 Å². The predicted octanol–water partition coefficient (Wildman–Crippen LogP) is 3.94. The molecule has 0 fully saturated rings. The summed E-state index contributed by atoms with van der Waals surface area (Å²) in [6, 6.07) is 10.3. The first kappa shape index (κ1) is 16.9. The van der Waals surface area contributed by atoms with Gasteiger partial charge in [0.1, 0.15) is 5.75 Å². The molecule has 0 saturated heterocycles. The summed E-state index contributed by atoms with van der Waals surface area (Å²) in [5, 5.41) is 9.17. The Morgan fingerprint density at radius 1 is 1.20 bits per heavy atom. The zero-order chi connectivity index (χ0) is 18.4. The summed E-state index contributed by atoms with van der Waals surface area (Å²) in [5.41, 5.74) is 0.599. The van der Waals surface area contributed by atoms with Gasteiger partial charge in [-0.3, -0.25) is 9.69 Å². The van der Waals surface area contributed by atoms with E-state index < -0.39 is 18.0 Å². The lowest BCUT2D eigenvalue weighted by Gasteiger charge is -2.21. The Bertz CT molecular complexity index is 864. The number of rotatable bonds is 4. The fourth-order valence-corrected chi connectivity index (χ4v) is 2.92. The minimum absolute atomic E-state index is 0.0614. The van der Waals surface area contributed by atoms with Crippen LogP contribution in [0.4, 0.5) is 20.2 Å². The number of nitrogens with zero attached hydrogens (tertiary/aromatic N) is 1. The number of carbonyl (C=O) groups is 2. The smallest absolute Gasteiger partial charge is 0.387 e. The van der Waals surface area contributed by atoms with Gasteiger partial charge in [0.15, 0.2) is 0 Å². The highest BCUT2D eigenvalue weighted by molar-refractivity contribution is 6.13. The first-order valence-corrected chi connectivity index (χ1v) is 7.49. The molecule has 5 nitrogen and oxygen atoms in total. The molecule has 0 aromatic heterocycles. The second kappa shape index (κ2) is 5.84. The number of carbonyl (C=O) groups excluding carboxylic acids is 1. The number of carboxylic acids is 1. The van der Waals surface area contributed by atoms with E-state index in [9.17, 15) is 18.4 Å². The highest BCUT2D eigenvalue weighted by atomic mass is 19.3. The first-order valence-electron chi connectivity index (χ1n) is 7.49. The number of halogens is 2. The Balaban J connectivity index is 2.11. The zero-order valence-corrected chi connectivity index (χ0v) is 13.5. The molecule has 2 aromatic carbocycles. The van der Waals surface area contributed by atoms with Gasteiger partial charge in [0.25, 0.3) is 0 Å². The van der Waals surface area contributed by atoms with Gasteiger partial charge in [0.2, 0.25) is 5.91 Å². The molecule has 130 valence electrons. The van der Waals surface area contributed by atoms with Gasteiger partial charge in [0, 0.05) is 6.07 Å². The van der Waals surface area contributed by atoms with E-state index in [2.05, 4.69) is 4.74 Å². The van der Waals surface area contributed by atoms with Gasteiger partial charge in [-0.1, -0.05) is 6.07 Å². The summed E-state index contributed by atoms with van der Waals surface area (Å²) >= 11 is 0. The fraction of sp³-hybridized carbons (Fsp3) is 0.222. The molecule has 1 amide bonds. The Kier molecular flexibility index (Phi) is 3.94. The molecule has 0 atom stereocenters. The summed E-state index contributed by atoms with van der Waals surface area (Å²) in [4.78, 5) is 25.5. The van der Waals surface area contributed by atoms with Crippen molar-refractivity contribution in [3.8, 4) is 5.75 Å². The molecule has 7 heteroatoms. The summed E-state index contributed by atoms with van der Waals surface area (Å²) in [7, 11) is 0. The van der Waals surface area contributed by atoms with Crippen LogP contribution in [0.25, 0.3) is 0 Å². The molecule has 0 unspecified atom stereocenters. The number of hydrogen-bond donors (Lipinski definition) is 1. The van der Waals surface area contributed by atoms with Crippen molar-refractivity contribution in [1.82, 2.24) is 0 Å².